The van der Waals surface area contributed by atoms with Gasteiger partial charge in [0.25, 0.3) is 5.69 Å². The molecule has 1 aromatic carbocycles. The highest BCUT2D eigenvalue weighted by molar-refractivity contribution is 5.80. The number of non-ortho nitro benzene ring substituents is 1. The molecule has 0 saturated carbocycles. The third-order valence-corrected chi connectivity index (χ3v) is 3.63. The molecule has 3 rings (SSSR count). The molecule has 130 valence electrons. The van der Waals surface area contributed by atoms with E-state index < -0.39 is 4.92 Å². The molecule has 9 heteroatoms. The zero-order chi connectivity index (χ0) is 17.6. The molecule has 0 atom stereocenters. The molecule has 9 nitrogen and oxygen atoms in total. The van der Waals surface area contributed by atoms with Gasteiger partial charge in [0, 0.05) is 37.0 Å². The number of hydrogen-bond donors (Lipinski definition) is 1. The number of rotatable bonds is 5. The van der Waals surface area contributed by atoms with Crippen LogP contribution in [0.25, 0.3) is 0 Å². The number of nitro benzene ring substituents is 1. The summed E-state index contributed by atoms with van der Waals surface area (Å²) in [6.45, 7) is 4.75. The largest absolute Gasteiger partial charge is 0.378 e. The Bertz CT molecular complexity index is 772. The molecule has 1 N–H and O–H groups in total. The highest BCUT2D eigenvalue weighted by Gasteiger charge is 2.14. The first kappa shape index (κ1) is 16.8. The van der Waals surface area contributed by atoms with E-state index in [9.17, 15) is 10.1 Å². The summed E-state index contributed by atoms with van der Waals surface area (Å²) < 4.78 is 5.34. The lowest BCUT2D eigenvalue weighted by Gasteiger charge is -2.27. The maximum atomic E-state index is 10.6. The number of anilines is 2. The Morgan fingerprint density at radius 2 is 2.00 bits per heavy atom. The summed E-state index contributed by atoms with van der Waals surface area (Å²) in [5.41, 5.74) is 4.51. The number of hydrogen-bond acceptors (Lipinski definition) is 8. The van der Waals surface area contributed by atoms with E-state index in [1.54, 1.807) is 24.4 Å². The molecule has 1 aromatic heterocycles. The van der Waals surface area contributed by atoms with Crippen LogP contribution >= 0.6 is 0 Å². The molecule has 2 aromatic rings. The molecule has 1 fully saturated rings. The molecule has 0 radical (unpaired) electrons. The molecule has 25 heavy (non-hydrogen) atoms. The van der Waals surface area contributed by atoms with E-state index in [1.807, 2.05) is 6.92 Å². The lowest BCUT2D eigenvalue weighted by molar-refractivity contribution is -0.384. The first-order chi connectivity index (χ1) is 12.1. The van der Waals surface area contributed by atoms with Crippen LogP contribution in [-0.4, -0.2) is 47.4 Å². The predicted molar refractivity (Wildman–Crippen MR) is 94.1 cm³/mol. The van der Waals surface area contributed by atoms with Crippen molar-refractivity contribution in [1.82, 2.24) is 9.97 Å². The number of aryl methyl sites for hydroxylation is 1. The van der Waals surface area contributed by atoms with Crippen LogP contribution in [-0.2, 0) is 4.74 Å². The highest BCUT2D eigenvalue weighted by Crippen LogP contribution is 2.15. The summed E-state index contributed by atoms with van der Waals surface area (Å²) in [6.07, 6.45) is 1.58. The Hall–Kier alpha value is -3.07. The molecule has 1 saturated heterocycles. The smallest absolute Gasteiger partial charge is 0.269 e. The molecule has 0 unspecified atom stereocenters. The summed E-state index contributed by atoms with van der Waals surface area (Å²) in [4.78, 5) is 21.2. The minimum absolute atomic E-state index is 0.0479. The SMILES string of the molecule is Cc1cc(N/N=C\c2ccc([N+](=O)[O-])cc2)nc(N2CCOCC2)n1. The molecule has 1 aliphatic heterocycles. The van der Waals surface area contributed by atoms with Crippen LogP contribution in [0.3, 0.4) is 0 Å². The van der Waals surface area contributed by atoms with E-state index in [-0.39, 0.29) is 5.69 Å². The number of hydrazone groups is 1. The number of benzene rings is 1. The van der Waals surface area contributed by atoms with Gasteiger partial charge in [-0.2, -0.15) is 10.1 Å². The van der Waals surface area contributed by atoms with Crippen LogP contribution in [0, 0.1) is 17.0 Å². The summed E-state index contributed by atoms with van der Waals surface area (Å²) in [6, 6.07) is 7.94. The fourth-order valence-corrected chi connectivity index (χ4v) is 2.37. The van der Waals surface area contributed by atoms with Gasteiger partial charge in [-0.3, -0.25) is 15.5 Å². The number of ether oxygens (including phenoxy) is 1. The number of morpholine rings is 1. The minimum Gasteiger partial charge on any atom is -0.378 e. The molecular weight excluding hydrogens is 324 g/mol. The van der Waals surface area contributed by atoms with E-state index in [0.717, 1.165) is 24.3 Å². The van der Waals surface area contributed by atoms with E-state index in [1.165, 1.54) is 12.1 Å². The molecule has 0 bridgehead atoms. The number of nitro groups is 1. The molecule has 0 amide bonds. The van der Waals surface area contributed by atoms with Crippen molar-refractivity contribution in [2.24, 2.45) is 5.10 Å². The fourth-order valence-electron chi connectivity index (χ4n) is 2.37. The van der Waals surface area contributed by atoms with Gasteiger partial charge in [0.2, 0.25) is 5.95 Å². The van der Waals surface area contributed by atoms with Gasteiger partial charge in [0.1, 0.15) is 0 Å². The van der Waals surface area contributed by atoms with Crippen molar-refractivity contribution >= 4 is 23.7 Å². The van der Waals surface area contributed by atoms with Crippen molar-refractivity contribution < 1.29 is 9.66 Å². The number of nitrogens with one attached hydrogen (secondary N) is 1. The molecule has 1 aliphatic rings. The summed E-state index contributed by atoms with van der Waals surface area (Å²) >= 11 is 0. The number of aromatic nitrogens is 2. The topological polar surface area (TPSA) is 106 Å². The lowest BCUT2D eigenvalue weighted by Crippen LogP contribution is -2.37. The van der Waals surface area contributed by atoms with E-state index >= 15 is 0 Å². The zero-order valence-corrected chi connectivity index (χ0v) is 13.8. The van der Waals surface area contributed by atoms with Crippen molar-refractivity contribution in [3.8, 4) is 0 Å². The molecule has 0 aliphatic carbocycles. The first-order valence-electron chi connectivity index (χ1n) is 7.84. The average molecular weight is 342 g/mol. The second-order valence-electron chi connectivity index (χ2n) is 5.51. The van der Waals surface area contributed by atoms with Gasteiger partial charge in [-0.25, -0.2) is 4.98 Å². The maximum Gasteiger partial charge on any atom is 0.269 e. The van der Waals surface area contributed by atoms with Gasteiger partial charge in [0.05, 0.1) is 24.4 Å². The van der Waals surface area contributed by atoms with Crippen LogP contribution in [0.5, 0.6) is 0 Å². The van der Waals surface area contributed by atoms with Crippen molar-refractivity contribution in [3.63, 3.8) is 0 Å². The second-order valence-corrected chi connectivity index (χ2v) is 5.51. The van der Waals surface area contributed by atoms with Crippen molar-refractivity contribution in [2.45, 2.75) is 6.92 Å². The van der Waals surface area contributed by atoms with Gasteiger partial charge < -0.3 is 9.64 Å². The molecule has 0 spiro atoms. The van der Waals surface area contributed by atoms with Crippen LogP contribution in [0.4, 0.5) is 17.5 Å². The highest BCUT2D eigenvalue weighted by atomic mass is 16.6. The van der Waals surface area contributed by atoms with Crippen molar-refractivity contribution in [2.75, 3.05) is 36.6 Å². The second kappa shape index (κ2) is 7.67. The van der Waals surface area contributed by atoms with Gasteiger partial charge >= 0.3 is 0 Å². The van der Waals surface area contributed by atoms with E-state index in [0.29, 0.717) is 25.0 Å². The minimum atomic E-state index is -0.435. The van der Waals surface area contributed by atoms with Crippen LogP contribution < -0.4 is 10.3 Å². The lowest BCUT2D eigenvalue weighted by atomic mass is 10.2. The normalized spacial score (nSPS) is 14.7. The van der Waals surface area contributed by atoms with E-state index in [2.05, 4.69) is 25.4 Å². The quantitative estimate of drug-likeness (QED) is 0.503. The Labute approximate surface area is 144 Å². The third-order valence-electron chi connectivity index (χ3n) is 3.63. The predicted octanol–water partition coefficient (Wildman–Crippen LogP) is 1.98. The van der Waals surface area contributed by atoms with Crippen molar-refractivity contribution in [3.05, 3.63) is 51.7 Å². The molecular formula is C16H18N6O3. The van der Waals surface area contributed by atoms with Crippen LogP contribution in [0.1, 0.15) is 11.3 Å². The van der Waals surface area contributed by atoms with Gasteiger partial charge in [-0.1, -0.05) is 0 Å². The van der Waals surface area contributed by atoms with Gasteiger partial charge in [0.15, 0.2) is 5.82 Å². The summed E-state index contributed by atoms with van der Waals surface area (Å²) in [7, 11) is 0. The van der Waals surface area contributed by atoms with E-state index in [4.69, 9.17) is 4.74 Å². The standard InChI is InChI=1S/C16H18N6O3/c1-12-10-15(19-16(18-12)21-6-8-25-9-7-21)20-17-11-13-2-4-14(5-3-13)22(23)24/h2-5,10-11H,6-9H2,1H3,(H,18,19,20)/b17-11-. The Balaban J connectivity index is 1.67. The summed E-state index contributed by atoms with van der Waals surface area (Å²) in [5.74, 6) is 1.24. The zero-order valence-electron chi connectivity index (χ0n) is 13.8. The third kappa shape index (κ3) is 4.48. The van der Waals surface area contributed by atoms with Crippen LogP contribution in [0.2, 0.25) is 0 Å². The van der Waals surface area contributed by atoms with Crippen LogP contribution in [0.15, 0.2) is 35.4 Å². The Morgan fingerprint density at radius 3 is 2.68 bits per heavy atom. The van der Waals surface area contributed by atoms with Crippen molar-refractivity contribution in [1.29, 1.82) is 0 Å². The summed E-state index contributed by atoms with van der Waals surface area (Å²) in [5, 5.41) is 14.8. The first-order valence-corrected chi connectivity index (χ1v) is 7.84. The monoisotopic (exact) mass is 342 g/mol. The maximum absolute atomic E-state index is 10.6. The number of nitrogens with zero attached hydrogens (tertiary/aromatic N) is 5. The Kier molecular flexibility index (Phi) is 5.14. The molecule has 2 heterocycles. The van der Waals surface area contributed by atoms with Gasteiger partial charge in [-0.05, 0) is 24.6 Å². The average Bonchev–Trinajstić information content (AvgIpc) is 2.62. The Morgan fingerprint density at radius 1 is 1.28 bits per heavy atom. The van der Waals surface area contributed by atoms with Gasteiger partial charge in [-0.15, -0.1) is 0 Å². The fraction of sp³-hybridized carbons (Fsp3) is 0.312.